The Morgan fingerprint density at radius 3 is 1.88 bits per heavy atom. The molecule has 0 aromatic carbocycles. The van der Waals surface area contributed by atoms with Gasteiger partial charge in [0.1, 0.15) is 0 Å². The molecule has 0 atom stereocenters. The van der Waals surface area contributed by atoms with Crippen LogP contribution in [0.4, 0.5) is 0 Å². The van der Waals surface area contributed by atoms with Crippen molar-refractivity contribution in [2.45, 2.75) is 40.5 Å². The lowest BCUT2D eigenvalue weighted by molar-refractivity contribution is -0.132. The fraction of sp³-hybridized carbons (Fsp3) is 0.917. The van der Waals surface area contributed by atoms with Gasteiger partial charge in [-0.05, 0) is 24.8 Å². The average molecular weight is 251 g/mol. The van der Waals surface area contributed by atoms with E-state index in [2.05, 4.69) is 27.7 Å². The summed E-state index contributed by atoms with van der Waals surface area (Å²) in [6.45, 7) is 10.9. The lowest BCUT2D eigenvalue weighted by atomic mass is 10.1. The van der Waals surface area contributed by atoms with Gasteiger partial charge in [-0.25, -0.2) is 0 Å². The van der Waals surface area contributed by atoms with Crippen LogP contribution < -0.4 is 5.73 Å². The van der Waals surface area contributed by atoms with Crippen LogP contribution in [-0.4, -0.2) is 30.4 Å². The van der Waals surface area contributed by atoms with E-state index in [0.717, 1.165) is 19.5 Å². The third kappa shape index (κ3) is 8.98. The molecule has 98 valence electrons. The van der Waals surface area contributed by atoms with Crippen molar-refractivity contribution in [1.82, 2.24) is 4.90 Å². The van der Waals surface area contributed by atoms with Gasteiger partial charge in [0.15, 0.2) is 0 Å². The highest BCUT2D eigenvalue weighted by atomic mass is 35.5. The molecule has 16 heavy (non-hydrogen) atoms. The van der Waals surface area contributed by atoms with Gasteiger partial charge in [0, 0.05) is 19.5 Å². The van der Waals surface area contributed by atoms with Crippen molar-refractivity contribution >= 4 is 18.3 Å². The lowest BCUT2D eigenvalue weighted by Crippen LogP contribution is -2.37. The van der Waals surface area contributed by atoms with Gasteiger partial charge < -0.3 is 10.6 Å². The molecule has 0 saturated heterocycles. The minimum Gasteiger partial charge on any atom is -0.342 e. The van der Waals surface area contributed by atoms with Crippen molar-refractivity contribution in [2.75, 3.05) is 19.6 Å². The number of carbonyl (C=O) groups is 1. The number of hydrogen-bond acceptors (Lipinski definition) is 2. The molecule has 0 radical (unpaired) electrons. The Morgan fingerprint density at radius 2 is 1.56 bits per heavy atom. The van der Waals surface area contributed by atoms with E-state index in [9.17, 15) is 4.79 Å². The zero-order chi connectivity index (χ0) is 11.8. The molecule has 0 aliphatic rings. The third-order valence-corrected chi connectivity index (χ3v) is 2.12. The van der Waals surface area contributed by atoms with Crippen LogP contribution in [0.1, 0.15) is 40.5 Å². The molecule has 4 heteroatoms. The molecule has 0 heterocycles. The molecule has 1 amide bonds. The Bertz CT molecular complexity index is 174. The van der Waals surface area contributed by atoms with Gasteiger partial charge in [0.05, 0.1) is 0 Å². The summed E-state index contributed by atoms with van der Waals surface area (Å²) in [5, 5.41) is 0. The molecule has 2 N–H and O–H groups in total. The molecule has 0 aromatic rings. The number of halogens is 1. The molecule has 0 aromatic heterocycles. The lowest BCUT2D eigenvalue weighted by Gasteiger charge is -2.26. The maximum absolute atomic E-state index is 11.8. The summed E-state index contributed by atoms with van der Waals surface area (Å²) in [7, 11) is 0. The highest BCUT2D eigenvalue weighted by Gasteiger charge is 2.15. The molecule has 0 fully saturated rings. The summed E-state index contributed by atoms with van der Waals surface area (Å²) >= 11 is 0. The van der Waals surface area contributed by atoms with Gasteiger partial charge in [-0.15, -0.1) is 12.4 Å². The smallest absolute Gasteiger partial charge is 0.222 e. The van der Waals surface area contributed by atoms with Gasteiger partial charge in [0.2, 0.25) is 5.91 Å². The second-order valence-electron chi connectivity index (χ2n) is 4.98. The first-order valence-corrected chi connectivity index (χ1v) is 5.95. The Morgan fingerprint density at radius 1 is 1.12 bits per heavy atom. The number of rotatable bonds is 7. The molecule has 0 aliphatic heterocycles. The van der Waals surface area contributed by atoms with Gasteiger partial charge in [-0.3, -0.25) is 4.79 Å². The fourth-order valence-corrected chi connectivity index (χ4v) is 1.57. The van der Waals surface area contributed by atoms with Crippen LogP contribution in [0.2, 0.25) is 0 Å². The first-order valence-electron chi connectivity index (χ1n) is 5.95. The molecule has 0 aliphatic carbocycles. The maximum atomic E-state index is 11.8. The van der Waals surface area contributed by atoms with E-state index in [1.807, 2.05) is 4.90 Å². The van der Waals surface area contributed by atoms with E-state index in [0.29, 0.717) is 24.8 Å². The monoisotopic (exact) mass is 250 g/mol. The Kier molecular flexibility index (Phi) is 11.2. The molecule has 0 bridgehead atoms. The van der Waals surface area contributed by atoms with Crippen LogP contribution in [0.3, 0.4) is 0 Å². The number of carbonyl (C=O) groups excluding carboxylic acids is 1. The van der Waals surface area contributed by atoms with Crippen LogP contribution in [0.15, 0.2) is 0 Å². The van der Waals surface area contributed by atoms with E-state index >= 15 is 0 Å². The summed E-state index contributed by atoms with van der Waals surface area (Å²) in [4.78, 5) is 13.8. The summed E-state index contributed by atoms with van der Waals surface area (Å²) in [6.07, 6.45) is 1.39. The van der Waals surface area contributed by atoms with E-state index in [-0.39, 0.29) is 18.3 Å². The van der Waals surface area contributed by atoms with Crippen molar-refractivity contribution in [2.24, 2.45) is 17.6 Å². The molecule has 3 nitrogen and oxygen atoms in total. The van der Waals surface area contributed by atoms with Crippen molar-refractivity contribution in [3.63, 3.8) is 0 Å². The first kappa shape index (κ1) is 18.1. The predicted octanol–water partition coefficient (Wildman–Crippen LogP) is 2.29. The quantitative estimate of drug-likeness (QED) is 0.754. The third-order valence-electron chi connectivity index (χ3n) is 2.12. The number of nitrogens with two attached hydrogens (primary N) is 1. The molecule has 0 saturated carbocycles. The molecule has 0 unspecified atom stereocenters. The Balaban J connectivity index is 0. The highest BCUT2D eigenvalue weighted by molar-refractivity contribution is 5.85. The second kappa shape index (κ2) is 9.91. The standard InChI is InChI=1S/C12H26N2O.ClH/c1-10(2)8-14(9-11(3)4)12(15)6-5-7-13;/h10-11H,5-9,13H2,1-4H3;1H. The normalized spacial score (nSPS) is 10.4. The minimum absolute atomic E-state index is 0. The van der Waals surface area contributed by atoms with Crippen LogP contribution in [0.5, 0.6) is 0 Å². The summed E-state index contributed by atoms with van der Waals surface area (Å²) in [5.41, 5.74) is 5.41. The fourth-order valence-electron chi connectivity index (χ4n) is 1.57. The van der Waals surface area contributed by atoms with Crippen molar-refractivity contribution in [3.05, 3.63) is 0 Å². The molecule has 0 rings (SSSR count). The van der Waals surface area contributed by atoms with Gasteiger partial charge in [0.25, 0.3) is 0 Å². The van der Waals surface area contributed by atoms with E-state index in [1.54, 1.807) is 0 Å². The number of amides is 1. The molecule has 0 spiro atoms. The van der Waals surface area contributed by atoms with Crippen molar-refractivity contribution in [1.29, 1.82) is 0 Å². The zero-order valence-corrected chi connectivity index (χ0v) is 11.8. The molecular weight excluding hydrogens is 224 g/mol. The maximum Gasteiger partial charge on any atom is 0.222 e. The summed E-state index contributed by atoms with van der Waals surface area (Å²) in [5.74, 6) is 1.32. The van der Waals surface area contributed by atoms with E-state index < -0.39 is 0 Å². The largest absolute Gasteiger partial charge is 0.342 e. The van der Waals surface area contributed by atoms with Gasteiger partial charge in [-0.1, -0.05) is 27.7 Å². The SMILES string of the molecule is CC(C)CN(CC(C)C)C(=O)CCCN.Cl. The zero-order valence-electron chi connectivity index (χ0n) is 11.0. The number of hydrogen-bond donors (Lipinski definition) is 1. The van der Waals surface area contributed by atoms with Crippen LogP contribution in [0.25, 0.3) is 0 Å². The summed E-state index contributed by atoms with van der Waals surface area (Å²) < 4.78 is 0. The second-order valence-corrected chi connectivity index (χ2v) is 4.98. The summed E-state index contributed by atoms with van der Waals surface area (Å²) in [6, 6.07) is 0. The van der Waals surface area contributed by atoms with Crippen LogP contribution in [0, 0.1) is 11.8 Å². The van der Waals surface area contributed by atoms with Crippen LogP contribution >= 0.6 is 12.4 Å². The predicted molar refractivity (Wildman–Crippen MR) is 71.8 cm³/mol. The number of nitrogens with zero attached hydrogens (tertiary/aromatic N) is 1. The van der Waals surface area contributed by atoms with Crippen molar-refractivity contribution in [3.8, 4) is 0 Å². The topological polar surface area (TPSA) is 46.3 Å². The Labute approximate surface area is 106 Å². The first-order chi connectivity index (χ1) is 6.97. The Hall–Kier alpha value is -0.280. The van der Waals surface area contributed by atoms with Gasteiger partial charge >= 0.3 is 0 Å². The van der Waals surface area contributed by atoms with Crippen molar-refractivity contribution < 1.29 is 4.79 Å². The average Bonchev–Trinajstić information content (AvgIpc) is 2.11. The van der Waals surface area contributed by atoms with Gasteiger partial charge in [-0.2, -0.15) is 0 Å². The minimum atomic E-state index is 0. The van der Waals surface area contributed by atoms with Crippen LogP contribution in [-0.2, 0) is 4.79 Å². The molecular formula is C12H27ClN2O. The van der Waals surface area contributed by atoms with E-state index in [4.69, 9.17) is 5.73 Å². The van der Waals surface area contributed by atoms with E-state index in [1.165, 1.54) is 0 Å². The highest BCUT2D eigenvalue weighted by Crippen LogP contribution is 2.06.